The number of amides is 3. The predicted octanol–water partition coefficient (Wildman–Crippen LogP) is 4.91. The third-order valence-electron chi connectivity index (χ3n) is 7.39. The van der Waals surface area contributed by atoms with Crippen LogP contribution in [-0.2, 0) is 33.6 Å². The Balaban J connectivity index is 1.67. The number of benzene rings is 3. The fourth-order valence-corrected chi connectivity index (χ4v) is 5.22. The second kappa shape index (κ2) is 14.2. The molecule has 0 saturated carbocycles. The highest BCUT2D eigenvalue weighted by Crippen LogP contribution is 2.30. The fourth-order valence-electron chi connectivity index (χ4n) is 5.00. The van der Waals surface area contributed by atoms with E-state index in [-0.39, 0.29) is 37.0 Å². The van der Waals surface area contributed by atoms with Crippen molar-refractivity contribution in [3.63, 3.8) is 0 Å². The summed E-state index contributed by atoms with van der Waals surface area (Å²) >= 11 is 6.11. The molecule has 0 fully saturated rings. The van der Waals surface area contributed by atoms with E-state index in [0.29, 0.717) is 23.2 Å². The number of hydrogen-bond acceptors (Lipinski definition) is 5. The molecule has 3 aromatic carbocycles. The third-order valence-corrected chi connectivity index (χ3v) is 7.63. The number of carbonyl (C=O) groups is 3. The van der Waals surface area contributed by atoms with Gasteiger partial charge in [-0.25, -0.2) is 0 Å². The predicted molar refractivity (Wildman–Crippen MR) is 166 cm³/mol. The van der Waals surface area contributed by atoms with Gasteiger partial charge >= 0.3 is 0 Å². The van der Waals surface area contributed by atoms with E-state index in [1.807, 2.05) is 48.5 Å². The van der Waals surface area contributed by atoms with Gasteiger partial charge in [-0.2, -0.15) is 0 Å². The van der Waals surface area contributed by atoms with Crippen molar-refractivity contribution in [2.75, 3.05) is 26.0 Å². The molecule has 3 aromatic rings. The molecule has 4 bridgehead atoms. The molecule has 2 heterocycles. The quantitative estimate of drug-likeness (QED) is 0.346. The second-order valence-corrected chi connectivity index (χ2v) is 11.6. The van der Waals surface area contributed by atoms with E-state index < -0.39 is 12.1 Å². The van der Waals surface area contributed by atoms with Crippen molar-refractivity contribution in [3.8, 4) is 5.75 Å². The lowest BCUT2D eigenvalue weighted by atomic mass is 9.99. The zero-order valence-corrected chi connectivity index (χ0v) is 25.3. The molecular weight excluding hydrogens is 552 g/mol. The zero-order chi connectivity index (χ0) is 30.2. The molecule has 42 heavy (non-hydrogen) atoms. The molecule has 2 aliphatic heterocycles. The van der Waals surface area contributed by atoms with Crippen LogP contribution in [-0.4, -0.2) is 55.4 Å². The second-order valence-electron chi connectivity index (χ2n) is 11.1. The van der Waals surface area contributed by atoms with Crippen LogP contribution in [0.5, 0.6) is 5.75 Å². The molecule has 0 aromatic heterocycles. The summed E-state index contributed by atoms with van der Waals surface area (Å²) in [6.45, 7) is 4.70. The molecule has 3 N–H and O–H groups in total. The first-order valence-electron chi connectivity index (χ1n) is 14.2. The van der Waals surface area contributed by atoms with Crippen LogP contribution in [0, 0.1) is 5.92 Å². The first kappa shape index (κ1) is 30.9. The number of nitrogens with one attached hydrogen (secondary N) is 3. The van der Waals surface area contributed by atoms with Crippen molar-refractivity contribution >= 4 is 40.7 Å². The molecule has 222 valence electrons. The molecule has 2 atom stereocenters. The maximum Gasteiger partial charge on any atom is 0.245 e. The maximum absolute atomic E-state index is 14.1. The molecule has 0 spiro atoms. The molecule has 2 aliphatic rings. The Kier molecular flexibility index (Phi) is 10.5. The molecule has 0 unspecified atom stereocenters. The van der Waals surface area contributed by atoms with Gasteiger partial charge in [0.1, 0.15) is 17.8 Å². The van der Waals surface area contributed by atoms with Crippen LogP contribution in [0.3, 0.4) is 0 Å². The van der Waals surface area contributed by atoms with E-state index in [1.54, 1.807) is 32.4 Å². The number of rotatable bonds is 8. The summed E-state index contributed by atoms with van der Waals surface area (Å²) in [5, 5.41) is 9.90. The summed E-state index contributed by atoms with van der Waals surface area (Å²) in [6.07, 6.45) is 1.45. The van der Waals surface area contributed by atoms with Crippen molar-refractivity contribution in [2.45, 2.75) is 51.6 Å². The standard InChI is InChI=1S/C33H39ClN4O4/c1-21(2)14-15-35-32(40)29-19-24-10-13-30(42-4)27(18-24)36-26-11-8-22(9-12-26)17-28(33(41)38(29)3)37-31(39)20-23-6-5-7-25(34)16-23/h5-13,16,18,21,28-29,36H,14-15,17,19-20H2,1-4H3,(H,35,40)(H,37,39)/t28-,29-/m0/s1. The summed E-state index contributed by atoms with van der Waals surface area (Å²) in [6, 6.07) is 18.8. The number of hydrogen-bond donors (Lipinski definition) is 3. The van der Waals surface area contributed by atoms with Gasteiger partial charge in [0.2, 0.25) is 17.7 Å². The van der Waals surface area contributed by atoms with E-state index >= 15 is 0 Å². The van der Waals surface area contributed by atoms with Gasteiger partial charge < -0.3 is 25.6 Å². The van der Waals surface area contributed by atoms with E-state index in [2.05, 4.69) is 29.8 Å². The number of carbonyl (C=O) groups excluding carboxylic acids is 3. The van der Waals surface area contributed by atoms with Gasteiger partial charge in [0, 0.05) is 37.1 Å². The van der Waals surface area contributed by atoms with Crippen molar-refractivity contribution in [1.82, 2.24) is 15.5 Å². The molecule has 0 saturated heterocycles. The summed E-state index contributed by atoms with van der Waals surface area (Å²) in [7, 11) is 3.24. The summed E-state index contributed by atoms with van der Waals surface area (Å²) in [4.78, 5) is 42.2. The van der Waals surface area contributed by atoms with Crippen molar-refractivity contribution in [2.24, 2.45) is 5.92 Å². The van der Waals surface area contributed by atoms with E-state index in [1.165, 1.54) is 4.90 Å². The SMILES string of the molecule is COc1ccc2cc1Nc1ccc(cc1)C[C@H](NC(=O)Cc1cccc(Cl)c1)C(=O)N(C)[C@H](C(=O)NCCC(C)C)C2. The highest BCUT2D eigenvalue weighted by Gasteiger charge is 2.33. The van der Waals surface area contributed by atoms with Crippen LogP contribution in [0.1, 0.15) is 37.0 Å². The third kappa shape index (κ3) is 8.26. The van der Waals surface area contributed by atoms with Crippen LogP contribution in [0.4, 0.5) is 11.4 Å². The number of anilines is 2. The Labute approximate surface area is 252 Å². The minimum Gasteiger partial charge on any atom is -0.495 e. The molecule has 5 rings (SSSR count). The maximum atomic E-state index is 14.1. The Hall–Kier alpha value is -4.04. The van der Waals surface area contributed by atoms with Gasteiger partial charge in [-0.1, -0.05) is 55.8 Å². The number of likely N-dealkylation sites (N-methyl/N-ethyl adjacent to an activating group) is 1. The first-order valence-corrected chi connectivity index (χ1v) is 14.6. The smallest absolute Gasteiger partial charge is 0.245 e. The Morgan fingerprint density at radius 3 is 2.48 bits per heavy atom. The monoisotopic (exact) mass is 590 g/mol. The van der Waals surface area contributed by atoms with Crippen LogP contribution >= 0.6 is 11.6 Å². The number of methoxy groups -OCH3 is 1. The van der Waals surface area contributed by atoms with Gasteiger partial charge in [-0.3, -0.25) is 14.4 Å². The molecule has 0 aliphatic carbocycles. The highest BCUT2D eigenvalue weighted by atomic mass is 35.5. The lowest BCUT2D eigenvalue weighted by Gasteiger charge is -2.31. The number of fused-ring (bicyclic) bond motifs is 7. The van der Waals surface area contributed by atoms with Crippen LogP contribution < -0.4 is 20.7 Å². The lowest BCUT2D eigenvalue weighted by Crippen LogP contribution is -2.56. The number of halogens is 1. The molecule has 8 nitrogen and oxygen atoms in total. The Morgan fingerprint density at radius 2 is 1.79 bits per heavy atom. The van der Waals surface area contributed by atoms with Crippen LogP contribution in [0.25, 0.3) is 0 Å². The normalized spacial score (nSPS) is 16.9. The minimum atomic E-state index is -0.874. The zero-order valence-electron chi connectivity index (χ0n) is 24.6. The van der Waals surface area contributed by atoms with Crippen LogP contribution in [0.2, 0.25) is 5.02 Å². The van der Waals surface area contributed by atoms with Gasteiger partial charge in [0.05, 0.1) is 19.2 Å². The topological polar surface area (TPSA) is 99.8 Å². The van der Waals surface area contributed by atoms with Crippen molar-refractivity contribution in [1.29, 1.82) is 0 Å². The van der Waals surface area contributed by atoms with E-state index in [4.69, 9.17) is 16.3 Å². The highest BCUT2D eigenvalue weighted by molar-refractivity contribution is 6.30. The molecule has 0 radical (unpaired) electrons. The molecular formula is C33H39ClN4O4. The lowest BCUT2D eigenvalue weighted by molar-refractivity contribution is -0.141. The Morgan fingerprint density at radius 1 is 1.05 bits per heavy atom. The van der Waals surface area contributed by atoms with Gasteiger partial charge in [0.25, 0.3) is 0 Å². The van der Waals surface area contributed by atoms with Gasteiger partial charge in [-0.05, 0) is 65.4 Å². The van der Waals surface area contributed by atoms with Crippen molar-refractivity contribution in [3.05, 3.63) is 88.4 Å². The largest absolute Gasteiger partial charge is 0.495 e. The summed E-state index contributed by atoms with van der Waals surface area (Å²) < 4.78 is 5.57. The first-order chi connectivity index (χ1) is 20.1. The summed E-state index contributed by atoms with van der Waals surface area (Å²) in [5.41, 5.74) is 4.08. The number of ether oxygens (including phenoxy) is 1. The molecule has 3 amide bonds. The average Bonchev–Trinajstić information content (AvgIpc) is 2.95. The molecule has 9 heteroatoms. The van der Waals surface area contributed by atoms with E-state index in [9.17, 15) is 14.4 Å². The minimum absolute atomic E-state index is 0.0741. The average molecular weight is 591 g/mol. The summed E-state index contributed by atoms with van der Waals surface area (Å²) in [5.74, 6) is 0.206. The van der Waals surface area contributed by atoms with E-state index in [0.717, 1.165) is 34.5 Å². The van der Waals surface area contributed by atoms with Gasteiger partial charge in [0.15, 0.2) is 0 Å². The Bertz CT molecular complexity index is 1410. The van der Waals surface area contributed by atoms with Crippen molar-refractivity contribution < 1.29 is 19.1 Å². The fraction of sp³-hybridized carbons (Fsp3) is 0.364. The van der Waals surface area contributed by atoms with Gasteiger partial charge in [-0.15, -0.1) is 0 Å². The number of nitrogens with zero attached hydrogens (tertiary/aromatic N) is 1. The van der Waals surface area contributed by atoms with Crippen LogP contribution in [0.15, 0.2) is 66.7 Å².